The van der Waals surface area contributed by atoms with Gasteiger partial charge in [0, 0.05) is 13.1 Å². The number of carbonyl (C=O) groups excluding carboxylic acids is 1. The first-order valence-corrected chi connectivity index (χ1v) is 9.02. The molecule has 0 aliphatic carbocycles. The highest BCUT2D eigenvalue weighted by atomic mass is 35.5. The summed E-state index contributed by atoms with van der Waals surface area (Å²) >= 11 is 6.14. The number of ether oxygens (including phenoxy) is 1. The Morgan fingerprint density at radius 3 is 2.75 bits per heavy atom. The van der Waals surface area contributed by atoms with Crippen molar-refractivity contribution >= 4 is 23.2 Å². The molecule has 1 amide bonds. The number of hydrogen-bond donors (Lipinski definition) is 2. The molecule has 0 unspecified atom stereocenters. The average Bonchev–Trinajstić information content (AvgIpc) is 3.25. The lowest BCUT2D eigenvalue weighted by molar-refractivity contribution is 0.0927. The van der Waals surface area contributed by atoms with Gasteiger partial charge in [0.15, 0.2) is 5.76 Å². The van der Waals surface area contributed by atoms with Gasteiger partial charge in [0.1, 0.15) is 17.4 Å². The van der Waals surface area contributed by atoms with Gasteiger partial charge < -0.3 is 19.8 Å². The summed E-state index contributed by atoms with van der Waals surface area (Å²) in [5.41, 5.74) is -0.0120. The lowest BCUT2D eigenvalue weighted by Gasteiger charge is -2.11. The summed E-state index contributed by atoms with van der Waals surface area (Å²) < 4.78 is 11.8. The molecule has 0 aliphatic rings. The van der Waals surface area contributed by atoms with Crippen molar-refractivity contribution in [2.24, 2.45) is 0 Å². The molecule has 3 aromatic rings. The summed E-state index contributed by atoms with van der Waals surface area (Å²) in [5, 5.41) is 9.80. The molecular weight excluding hydrogens is 384 g/mol. The van der Waals surface area contributed by atoms with Crippen molar-refractivity contribution in [3.8, 4) is 5.75 Å². The Hall–Kier alpha value is -3.26. The number of carbonyl (C=O) groups is 1. The van der Waals surface area contributed by atoms with Crippen LogP contribution in [0.1, 0.15) is 10.6 Å². The first-order valence-electron chi connectivity index (χ1n) is 8.64. The van der Waals surface area contributed by atoms with Crippen molar-refractivity contribution in [3.05, 3.63) is 76.1 Å². The molecular formula is C19H19ClN4O4. The number of amides is 1. The smallest absolute Gasteiger partial charge is 0.287 e. The van der Waals surface area contributed by atoms with E-state index < -0.39 is 5.56 Å². The molecule has 28 heavy (non-hydrogen) atoms. The third-order valence-corrected chi connectivity index (χ3v) is 4.14. The predicted molar refractivity (Wildman–Crippen MR) is 105 cm³/mol. The molecule has 1 aromatic carbocycles. The molecule has 8 nitrogen and oxygen atoms in total. The zero-order chi connectivity index (χ0) is 19.8. The second kappa shape index (κ2) is 9.61. The minimum Gasteiger partial charge on any atom is -0.492 e. The van der Waals surface area contributed by atoms with Crippen LogP contribution in [-0.4, -0.2) is 35.4 Å². The highest BCUT2D eigenvalue weighted by Gasteiger charge is 2.10. The molecule has 0 atom stereocenters. The number of furan rings is 1. The monoisotopic (exact) mass is 402 g/mol. The third kappa shape index (κ3) is 5.14. The summed E-state index contributed by atoms with van der Waals surface area (Å²) in [6.07, 6.45) is 2.90. The number of hydrogen-bond acceptors (Lipinski definition) is 6. The van der Waals surface area contributed by atoms with Crippen LogP contribution in [0.15, 0.2) is 64.1 Å². The molecule has 0 saturated heterocycles. The Morgan fingerprint density at radius 2 is 2.00 bits per heavy atom. The van der Waals surface area contributed by atoms with E-state index in [9.17, 15) is 9.59 Å². The van der Waals surface area contributed by atoms with Gasteiger partial charge in [-0.2, -0.15) is 5.10 Å². The average molecular weight is 403 g/mol. The van der Waals surface area contributed by atoms with Crippen molar-refractivity contribution in [1.29, 1.82) is 0 Å². The number of benzene rings is 1. The van der Waals surface area contributed by atoms with Gasteiger partial charge in [-0.3, -0.25) is 9.59 Å². The maximum absolute atomic E-state index is 12.3. The number of aromatic nitrogens is 2. The van der Waals surface area contributed by atoms with Crippen molar-refractivity contribution in [1.82, 2.24) is 15.1 Å². The molecule has 0 aliphatic heterocycles. The normalized spacial score (nSPS) is 10.5. The van der Waals surface area contributed by atoms with E-state index in [0.29, 0.717) is 25.4 Å². The van der Waals surface area contributed by atoms with E-state index in [0.717, 1.165) is 5.75 Å². The number of anilines is 1. The molecule has 2 N–H and O–H groups in total. The molecule has 0 bridgehead atoms. The van der Waals surface area contributed by atoms with E-state index in [1.165, 1.54) is 17.1 Å². The van der Waals surface area contributed by atoms with E-state index in [1.54, 1.807) is 12.1 Å². The number of rotatable bonds is 9. The van der Waals surface area contributed by atoms with Crippen molar-refractivity contribution in [2.45, 2.75) is 6.54 Å². The minimum absolute atomic E-state index is 0.0343. The van der Waals surface area contributed by atoms with E-state index in [2.05, 4.69) is 15.7 Å². The van der Waals surface area contributed by atoms with Gasteiger partial charge >= 0.3 is 0 Å². The van der Waals surface area contributed by atoms with Crippen LogP contribution >= 0.6 is 11.6 Å². The maximum Gasteiger partial charge on any atom is 0.287 e. The molecule has 3 rings (SSSR count). The molecule has 2 heterocycles. The number of halogens is 1. The lowest BCUT2D eigenvalue weighted by atomic mass is 10.3. The first kappa shape index (κ1) is 19.5. The van der Waals surface area contributed by atoms with Crippen LogP contribution in [0.3, 0.4) is 0 Å². The van der Waals surface area contributed by atoms with Gasteiger partial charge in [-0.15, -0.1) is 0 Å². The molecule has 2 aromatic heterocycles. The van der Waals surface area contributed by atoms with Crippen LogP contribution in [0.25, 0.3) is 0 Å². The van der Waals surface area contributed by atoms with Crippen molar-refractivity contribution < 1.29 is 13.9 Å². The number of nitrogens with zero attached hydrogens (tertiary/aromatic N) is 2. The standard InChI is InChI=1S/C19H19ClN4O4/c20-17-15(21-8-9-22-18(25)16-7-4-11-28-16)13-23-24(19(17)26)10-12-27-14-5-2-1-3-6-14/h1-7,11,13,21H,8-10,12H2,(H,22,25). The summed E-state index contributed by atoms with van der Waals surface area (Å²) in [7, 11) is 0. The van der Waals surface area contributed by atoms with Crippen LogP contribution in [-0.2, 0) is 6.54 Å². The highest BCUT2D eigenvalue weighted by Crippen LogP contribution is 2.14. The summed E-state index contributed by atoms with van der Waals surface area (Å²) in [4.78, 5) is 24.1. The van der Waals surface area contributed by atoms with E-state index in [4.69, 9.17) is 20.8 Å². The molecule has 0 spiro atoms. The van der Waals surface area contributed by atoms with E-state index in [1.807, 2.05) is 30.3 Å². The van der Waals surface area contributed by atoms with Gasteiger partial charge in [0.05, 0.1) is 24.7 Å². The van der Waals surface area contributed by atoms with Gasteiger partial charge in [0.2, 0.25) is 0 Å². The van der Waals surface area contributed by atoms with Gasteiger partial charge in [-0.25, -0.2) is 4.68 Å². The lowest BCUT2D eigenvalue weighted by Crippen LogP contribution is -2.30. The van der Waals surface area contributed by atoms with E-state index >= 15 is 0 Å². The highest BCUT2D eigenvalue weighted by molar-refractivity contribution is 6.32. The fourth-order valence-corrected chi connectivity index (χ4v) is 2.60. The fourth-order valence-electron chi connectivity index (χ4n) is 2.38. The summed E-state index contributed by atoms with van der Waals surface area (Å²) in [6, 6.07) is 12.5. The van der Waals surface area contributed by atoms with Crippen molar-refractivity contribution in [2.75, 3.05) is 25.0 Å². The zero-order valence-corrected chi connectivity index (χ0v) is 15.7. The Kier molecular flexibility index (Phi) is 6.69. The largest absolute Gasteiger partial charge is 0.492 e. The third-order valence-electron chi connectivity index (χ3n) is 3.77. The van der Waals surface area contributed by atoms with Gasteiger partial charge in [0.25, 0.3) is 11.5 Å². The molecule has 146 valence electrons. The summed E-state index contributed by atoms with van der Waals surface area (Å²) in [5.74, 6) is 0.640. The number of nitrogens with one attached hydrogen (secondary N) is 2. The fraction of sp³-hybridized carbons (Fsp3) is 0.211. The maximum atomic E-state index is 12.3. The predicted octanol–water partition coefficient (Wildman–Crippen LogP) is 2.41. The van der Waals surface area contributed by atoms with Crippen LogP contribution in [0.5, 0.6) is 5.75 Å². The molecule has 0 fully saturated rings. The molecule has 9 heteroatoms. The molecule has 0 radical (unpaired) electrons. The van der Waals surface area contributed by atoms with Crippen LogP contribution < -0.4 is 20.9 Å². The van der Waals surface area contributed by atoms with Gasteiger partial charge in [-0.05, 0) is 24.3 Å². The van der Waals surface area contributed by atoms with Crippen LogP contribution in [0, 0.1) is 0 Å². The SMILES string of the molecule is O=C(NCCNc1cnn(CCOc2ccccc2)c(=O)c1Cl)c1ccco1. The number of para-hydroxylation sites is 1. The Balaban J connectivity index is 1.47. The Morgan fingerprint density at radius 1 is 1.18 bits per heavy atom. The van der Waals surface area contributed by atoms with Gasteiger partial charge in [-0.1, -0.05) is 29.8 Å². The minimum atomic E-state index is -0.414. The van der Waals surface area contributed by atoms with E-state index in [-0.39, 0.29) is 23.2 Å². The second-order valence-corrected chi connectivity index (χ2v) is 6.10. The Bertz CT molecular complexity index is 958. The topological polar surface area (TPSA) is 98.4 Å². The Labute approximate surface area is 166 Å². The second-order valence-electron chi connectivity index (χ2n) is 5.72. The first-order chi connectivity index (χ1) is 13.6. The summed E-state index contributed by atoms with van der Waals surface area (Å²) in [6.45, 7) is 1.25. The van der Waals surface area contributed by atoms with Crippen molar-refractivity contribution in [3.63, 3.8) is 0 Å². The van der Waals surface area contributed by atoms with Crippen LogP contribution in [0.2, 0.25) is 5.02 Å². The quantitative estimate of drug-likeness (QED) is 0.533. The zero-order valence-electron chi connectivity index (χ0n) is 14.9. The van der Waals surface area contributed by atoms with Crippen LogP contribution in [0.4, 0.5) is 5.69 Å². The molecule has 0 saturated carbocycles.